The topological polar surface area (TPSA) is 37.8 Å². The third kappa shape index (κ3) is 3.13. The first-order chi connectivity index (χ1) is 8.15. The highest BCUT2D eigenvalue weighted by Crippen LogP contribution is 2.40. The van der Waals surface area contributed by atoms with Gasteiger partial charge in [0.2, 0.25) is 5.13 Å². The molecule has 1 aromatic rings. The zero-order valence-electron chi connectivity index (χ0n) is 10.8. The molecule has 0 aromatic carbocycles. The third-order valence-electron chi connectivity index (χ3n) is 3.47. The first kappa shape index (κ1) is 13.1. The summed E-state index contributed by atoms with van der Waals surface area (Å²) < 4.78 is 4.80. The van der Waals surface area contributed by atoms with Crippen LogP contribution in [0.3, 0.4) is 0 Å². The van der Waals surface area contributed by atoms with Crippen molar-refractivity contribution in [2.45, 2.75) is 50.2 Å². The van der Waals surface area contributed by atoms with Gasteiger partial charge in [-0.3, -0.25) is 0 Å². The van der Waals surface area contributed by atoms with Crippen LogP contribution in [0.1, 0.15) is 51.3 Å². The summed E-state index contributed by atoms with van der Waals surface area (Å²) in [7, 11) is 0. The van der Waals surface area contributed by atoms with Gasteiger partial charge in [-0.25, -0.2) is 4.98 Å². The van der Waals surface area contributed by atoms with E-state index in [4.69, 9.17) is 0 Å². The van der Waals surface area contributed by atoms with Crippen LogP contribution in [-0.2, 0) is 0 Å². The van der Waals surface area contributed by atoms with E-state index < -0.39 is 0 Å². The summed E-state index contributed by atoms with van der Waals surface area (Å²) in [6.45, 7) is 5.29. The molecule has 0 atom stereocenters. The zero-order valence-corrected chi connectivity index (χ0v) is 12.5. The molecule has 0 aliphatic heterocycles. The molecular formula is C12H21N3S2. The van der Waals surface area contributed by atoms with Crippen molar-refractivity contribution in [3.63, 3.8) is 0 Å². The average Bonchev–Trinajstić information content (AvgIpc) is 2.96. The number of thioether (sulfide) groups is 1. The number of hydrogen-bond donors (Lipinski definition) is 1. The lowest BCUT2D eigenvalue weighted by molar-refractivity contribution is 0.639. The molecular weight excluding hydrogens is 250 g/mol. The Bertz CT molecular complexity index is 356. The Kier molecular flexibility index (Phi) is 4.31. The Morgan fingerprint density at radius 3 is 2.65 bits per heavy atom. The molecule has 1 saturated carbocycles. The van der Waals surface area contributed by atoms with Gasteiger partial charge in [0.05, 0.1) is 0 Å². The fourth-order valence-corrected chi connectivity index (χ4v) is 3.87. The number of hydrogen-bond acceptors (Lipinski definition) is 5. The predicted molar refractivity (Wildman–Crippen MR) is 77.2 cm³/mol. The van der Waals surface area contributed by atoms with Gasteiger partial charge in [0.1, 0.15) is 5.82 Å². The fraction of sp³-hybridized carbons (Fsp3) is 0.833. The van der Waals surface area contributed by atoms with E-state index in [1.54, 1.807) is 0 Å². The lowest BCUT2D eigenvalue weighted by Crippen LogP contribution is -2.29. The van der Waals surface area contributed by atoms with Crippen molar-refractivity contribution in [2.75, 3.05) is 18.1 Å². The molecule has 1 N–H and O–H groups in total. The average molecular weight is 271 g/mol. The van der Waals surface area contributed by atoms with Crippen LogP contribution >= 0.6 is 23.3 Å². The normalized spacial score (nSPS) is 18.8. The molecule has 1 aliphatic rings. The predicted octanol–water partition coefficient (Wildman–Crippen LogP) is 3.75. The van der Waals surface area contributed by atoms with E-state index in [-0.39, 0.29) is 0 Å². The molecule has 17 heavy (non-hydrogen) atoms. The van der Waals surface area contributed by atoms with E-state index in [2.05, 4.69) is 34.8 Å². The van der Waals surface area contributed by atoms with Crippen LogP contribution in [-0.4, -0.2) is 26.9 Å². The molecule has 1 aliphatic carbocycles. The number of rotatable bonds is 5. The number of nitrogens with one attached hydrogen (secondary N) is 1. The fourth-order valence-electron chi connectivity index (χ4n) is 2.25. The molecule has 0 bridgehead atoms. The van der Waals surface area contributed by atoms with Gasteiger partial charge in [0.25, 0.3) is 0 Å². The van der Waals surface area contributed by atoms with Crippen molar-refractivity contribution in [3.05, 3.63) is 5.82 Å². The molecule has 1 heterocycles. The van der Waals surface area contributed by atoms with Crippen LogP contribution in [0.5, 0.6) is 0 Å². The van der Waals surface area contributed by atoms with Gasteiger partial charge in [-0.05, 0) is 19.1 Å². The van der Waals surface area contributed by atoms with Crippen molar-refractivity contribution >= 4 is 28.4 Å². The Balaban J connectivity index is 1.92. The summed E-state index contributed by atoms with van der Waals surface area (Å²) in [6, 6.07) is 0. The van der Waals surface area contributed by atoms with Gasteiger partial charge >= 0.3 is 0 Å². The van der Waals surface area contributed by atoms with Crippen molar-refractivity contribution in [1.29, 1.82) is 0 Å². The first-order valence-electron chi connectivity index (χ1n) is 6.28. The lowest BCUT2D eigenvalue weighted by Gasteiger charge is -2.26. The summed E-state index contributed by atoms with van der Waals surface area (Å²) in [4.78, 5) is 4.52. The molecule has 2 rings (SSSR count). The summed E-state index contributed by atoms with van der Waals surface area (Å²) in [5, 5.41) is 4.46. The van der Waals surface area contributed by atoms with Crippen LogP contribution in [0.2, 0.25) is 0 Å². The maximum Gasteiger partial charge on any atom is 0.202 e. The summed E-state index contributed by atoms with van der Waals surface area (Å²) in [5.74, 6) is 1.38. The van der Waals surface area contributed by atoms with Crippen molar-refractivity contribution in [3.8, 4) is 0 Å². The number of anilines is 1. The molecule has 0 saturated heterocycles. The van der Waals surface area contributed by atoms with Crippen LogP contribution in [0.15, 0.2) is 0 Å². The Hall–Kier alpha value is -0.290. The summed E-state index contributed by atoms with van der Waals surface area (Å²) in [6.07, 6.45) is 7.63. The van der Waals surface area contributed by atoms with Crippen LogP contribution < -0.4 is 5.32 Å². The molecule has 0 spiro atoms. The molecule has 1 fully saturated rings. The molecule has 0 radical (unpaired) electrons. The molecule has 1 aromatic heterocycles. The largest absolute Gasteiger partial charge is 0.359 e. The smallest absolute Gasteiger partial charge is 0.202 e. The van der Waals surface area contributed by atoms with Gasteiger partial charge in [-0.15, -0.1) is 0 Å². The van der Waals surface area contributed by atoms with Crippen LogP contribution in [0, 0.1) is 0 Å². The SMILES string of the molecule is CSC1(CNc2nc(C(C)C)ns2)CCCC1. The van der Waals surface area contributed by atoms with E-state index in [1.165, 1.54) is 37.2 Å². The van der Waals surface area contributed by atoms with E-state index in [0.717, 1.165) is 17.5 Å². The zero-order chi connectivity index (χ0) is 12.3. The second-order valence-electron chi connectivity index (χ2n) is 5.06. The Morgan fingerprint density at radius 1 is 1.41 bits per heavy atom. The first-order valence-corrected chi connectivity index (χ1v) is 8.28. The highest BCUT2D eigenvalue weighted by atomic mass is 32.2. The minimum Gasteiger partial charge on any atom is -0.359 e. The van der Waals surface area contributed by atoms with Gasteiger partial charge in [-0.2, -0.15) is 16.1 Å². The third-order valence-corrected chi connectivity index (χ3v) is 5.57. The Morgan fingerprint density at radius 2 is 2.12 bits per heavy atom. The molecule has 0 unspecified atom stereocenters. The highest BCUT2D eigenvalue weighted by molar-refractivity contribution is 8.00. The molecule has 5 heteroatoms. The van der Waals surface area contributed by atoms with Gasteiger partial charge < -0.3 is 5.32 Å². The molecule has 3 nitrogen and oxygen atoms in total. The standard InChI is InChI=1S/C12H21N3S2/c1-9(2)10-14-11(17-15-10)13-8-12(16-3)6-4-5-7-12/h9H,4-8H2,1-3H3,(H,13,14,15). The van der Waals surface area contributed by atoms with E-state index in [0.29, 0.717) is 10.7 Å². The number of aromatic nitrogens is 2. The maximum atomic E-state index is 4.52. The van der Waals surface area contributed by atoms with Crippen molar-refractivity contribution in [2.24, 2.45) is 0 Å². The van der Waals surface area contributed by atoms with Gasteiger partial charge in [0.15, 0.2) is 0 Å². The van der Waals surface area contributed by atoms with Gasteiger partial charge in [-0.1, -0.05) is 26.7 Å². The maximum absolute atomic E-state index is 4.52. The van der Waals surface area contributed by atoms with Crippen molar-refractivity contribution in [1.82, 2.24) is 9.36 Å². The molecule has 96 valence electrons. The van der Waals surface area contributed by atoms with Gasteiger partial charge in [0, 0.05) is 28.7 Å². The minimum absolute atomic E-state index is 0.419. The molecule has 0 amide bonds. The van der Waals surface area contributed by atoms with Crippen LogP contribution in [0.25, 0.3) is 0 Å². The quantitative estimate of drug-likeness (QED) is 0.885. The Labute approximate surface area is 112 Å². The minimum atomic E-state index is 0.419. The monoisotopic (exact) mass is 271 g/mol. The van der Waals surface area contributed by atoms with E-state index >= 15 is 0 Å². The summed E-state index contributed by atoms with van der Waals surface area (Å²) >= 11 is 3.50. The van der Waals surface area contributed by atoms with E-state index in [1.807, 2.05) is 11.8 Å². The second-order valence-corrected chi connectivity index (χ2v) is 7.09. The van der Waals surface area contributed by atoms with E-state index in [9.17, 15) is 0 Å². The second kappa shape index (κ2) is 5.57. The number of nitrogens with zero attached hydrogens (tertiary/aromatic N) is 2. The van der Waals surface area contributed by atoms with Crippen molar-refractivity contribution < 1.29 is 0 Å². The van der Waals surface area contributed by atoms with Crippen LogP contribution in [0.4, 0.5) is 5.13 Å². The summed E-state index contributed by atoms with van der Waals surface area (Å²) in [5.41, 5.74) is 0. The lowest BCUT2D eigenvalue weighted by atomic mass is 10.1. The highest BCUT2D eigenvalue weighted by Gasteiger charge is 2.32.